The largest absolute Gasteiger partial charge is 0.465 e. The number of benzene rings is 1. The molecule has 3 rings (SSSR count). The monoisotopic (exact) mass is 372 g/mol. The minimum Gasteiger partial charge on any atom is -0.465 e. The average Bonchev–Trinajstić information content (AvgIpc) is 3.04. The van der Waals surface area contributed by atoms with E-state index in [1.807, 2.05) is 31.2 Å². The maximum Gasteiger partial charge on any atom is 0.351 e. The van der Waals surface area contributed by atoms with Gasteiger partial charge >= 0.3 is 17.6 Å². The summed E-state index contributed by atoms with van der Waals surface area (Å²) in [6, 6.07) is 10.1. The lowest BCUT2D eigenvalue weighted by Crippen LogP contribution is -2.30. The van der Waals surface area contributed by atoms with Crippen LogP contribution in [0.25, 0.3) is 10.3 Å². The van der Waals surface area contributed by atoms with Gasteiger partial charge in [-0.25, -0.2) is 14.4 Å². The lowest BCUT2D eigenvalue weighted by molar-refractivity contribution is 0.0596. The van der Waals surface area contributed by atoms with E-state index in [0.29, 0.717) is 21.0 Å². The molecular formula is C18H16N2O5S. The van der Waals surface area contributed by atoms with Crippen molar-refractivity contribution in [1.82, 2.24) is 0 Å². The van der Waals surface area contributed by atoms with Gasteiger partial charge in [-0.15, -0.1) is 11.3 Å². The average molecular weight is 372 g/mol. The highest BCUT2D eigenvalue weighted by atomic mass is 32.1. The van der Waals surface area contributed by atoms with Gasteiger partial charge in [0, 0.05) is 18.8 Å². The highest BCUT2D eigenvalue weighted by molar-refractivity contribution is 7.22. The van der Waals surface area contributed by atoms with Crippen LogP contribution in [0.5, 0.6) is 0 Å². The molecule has 0 fully saturated rings. The van der Waals surface area contributed by atoms with Gasteiger partial charge in [0.1, 0.15) is 10.6 Å². The number of amides is 2. The van der Waals surface area contributed by atoms with Gasteiger partial charge in [0.2, 0.25) is 0 Å². The predicted molar refractivity (Wildman–Crippen MR) is 100 cm³/mol. The Balaban J connectivity index is 1.90. The van der Waals surface area contributed by atoms with Crippen LogP contribution in [-0.2, 0) is 4.74 Å². The van der Waals surface area contributed by atoms with E-state index in [2.05, 4.69) is 10.1 Å². The number of esters is 1. The van der Waals surface area contributed by atoms with Gasteiger partial charge in [0.15, 0.2) is 5.58 Å². The first-order valence-electron chi connectivity index (χ1n) is 7.67. The van der Waals surface area contributed by atoms with E-state index in [-0.39, 0.29) is 11.6 Å². The van der Waals surface area contributed by atoms with Crippen molar-refractivity contribution in [2.75, 3.05) is 24.4 Å². The first kappa shape index (κ1) is 17.7. The molecular weight excluding hydrogens is 356 g/mol. The molecule has 8 heteroatoms. The molecule has 0 saturated carbocycles. The Morgan fingerprint density at radius 2 is 1.96 bits per heavy atom. The summed E-state index contributed by atoms with van der Waals surface area (Å²) in [7, 11) is 2.80. The van der Waals surface area contributed by atoms with Crippen LogP contribution in [-0.4, -0.2) is 26.2 Å². The van der Waals surface area contributed by atoms with Gasteiger partial charge in [0.05, 0.1) is 11.8 Å². The van der Waals surface area contributed by atoms with Crippen LogP contribution in [0.2, 0.25) is 0 Å². The van der Waals surface area contributed by atoms with Crippen LogP contribution in [0.15, 0.2) is 45.6 Å². The zero-order valence-electron chi connectivity index (χ0n) is 14.4. The summed E-state index contributed by atoms with van der Waals surface area (Å²) < 4.78 is 10.3. The Labute approximate surface area is 152 Å². The van der Waals surface area contributed by atoms with Crippen molar-refractivity contribution < 1.29 is 18.7 Å². The van der Waals surface area contributed by atoms with Crippen LogP contribution in [0.3, 0.4) is 0 Å². The molecule has 2 amide bonds. The van der Waals surface area contributed by atoms with Crippen LogP contribution >= 0.6 is 11.3 Å². The second kappa shape index (κ2) is 7.01. The molecule has 134 valence electrons. The third-order valence-electron chi connectivity index (χ3n) is 3.84. The molecule has 26 heavy (non-hydrogen) atoms. The summed E-state index contributed by atoms with van der Waals surface area (Å²) in [4.78, 5) is 37.4. The SMILES string of the molecule is COC(=O)c1cc2sc(N(C)C(=O)Nc3ccccc3C)cc2oc1=O. The molecule has 7 nitrogen and oxygen atoms in total. The molecule has 0 unspecified atom stereocenters. The number of thiophene rings is 1. The highest BCUT2D eigenvalue weighted by Gasteiger charge is 2.19. The minimum atomic E-state index is -0.777. The maximum absolute atomic E-state index is 12.5. The number of anilines is 2. The zero-order chi connectivity index (χ0) is 18.8. The first-order valence-corrected chi connectivity index (χ1v) is 8.48. The summed E-state index contributed by atoms with van der Waals surface area (Å²) >= 11 is 1.22. The number of ether oxygens (including phenoxy) is 1. The summed E-state index contributed by atoms with van der Waals surface area (Å²) in [6.07, 6.45) is 0. The van der Waals surface area contributed by atoms with E-state index in [1.165, 1.54) is 29.4 Å². The topological polar surface area (TPSA) is 88.8 Å². The van der Waals surface area contributed by atoms with Gasteiger partial charge in [-0.1, -0.05) is 18.2 Å². The Morgan fingerprint density at radius 3 is 2.65 bits per heavy atom. The number of para-hydroxylation sites is 1. The third-order valence-corrected chi connectivity index (χ3v) is 4.98. The molecule has 0 aliphatic carbocycles. The van der Waals surface area contributed by atoms with Crippen LogP contribution in [0, 0.1) is 6.92 Å². The molecule has 0 bridgehead atoms. The Kier molecular flexibility index (Phi) is 4.77. The number of methoxy groups -OCH3 is 1. The molecule has 0 spiro atoms. The lowest BCUT2D eigenvalue weighted by Gasteiger charge is -2.16. The van der Waals surface area contributed by atoms with Crippen LogP contribution in [0.4, 0.5) is 15.5 Å². The second-order valence-corrected chi connectivity index (χ2v) is 6.62. The van der Waals surface area contributed by atoms with E-state index in [4.69, 9.17) is 4.42 Å². The van der Waals surface area contributed by atoms with Crippen molar-refractivity contribution in [1.29, 1.82) is 0 Å². The van der Waals surface area contributed by atoms with Crippen molar-refractivity contribution in [3.05, 3.63) is 57.9 Å². The Morgan fingerprint density at radius 1 is 1.23 bits per heavy atom. The summed E-state index contributed by atoms with van der Waals surface area (Å²) in [5.41, 5.74) is 1.00. The third kappa shape index (κ3) is 3.31. The number of carbonyl (C=O) groups excluding carboxylic acids is 2. The van der Waals surface area contributed by atoms with Crippen molar-refractivity contribution in [2.45, 2.75) is 6.92 Å². The predicted octanol–water partition coefficient (Wildman–Crippen LogP) is 3.62. The fourth-order valence-electron chi connectivity index (χ4n) is 2.33. The lowest BCUT2D eigenvalue weighted by atomic mass is 10.2. The number of carbonyl (C=O) groups is 2. The molecule has 1 N–H and O–H groups in total. The van der Waals surface area contributed by atoms with E-state index in [9.17, 15) is 14.4 Å². The molecule has 0 atom stereocenters. The molecule has 0 radical (unpaired) electrons. The normalized spacial score (nSPS) is 10.6. The molecule has 3 aromatic rings. The number of urea groups is 1. The molecule has 0 saturated heterocycles. The smallest absolute Gasteiger partial charge is 0.351 e. The minimum absolute atomic E-state index is 0.180. The van der Waals surface area contributed by atoms with E-state index in [0.717, 1.165) is 5.56 Å². The van der Waals surface area contributed by atoms with Crippen molar-refractivity contribution in [3.8, 4) is 0 Å². The van der Waals surface area contributed by atoms with E-state index < -0.39 is 11.6 Å². The number of rotatable bonds is 3. The number of aryl methyl sites for hydroxylation is 1. The van der Waals surface area contributed by atoms with Gasteiger partial charge < -0.3 is 14.5 Å². The molecule has 1 aromatic carbocycles. The van der Waals surface area contributed by atoms with Crippen LogP contribution < -0.4 is 15.8 Å². The summed E-state index contributed by atoms with van der Waals surface area (Å²) in [6.45, 7) is 1.90. The van der Waals surface area contributed by atoms with E-state index >= 15 is 0 Å². The standard InChI is InChI=1S/C18H16N2O5S/c1-10-6-4-5-7-12(10)19-18(23)20(2)15-9-13-14(26-15)8-11(16(21)24-3)17(22)25-13/h4-9H,1-3H3,(H,19,23). The quantitative estimate of drug-likeness (QED) is 0.710. The van der Waals surface area contributed by atoms with Gasteiger partial charge in [-0.2, -0.15) is 0 Å². The van der Waals surface area contributed by atoms with Crippen molar-refractivity contribution in [3.63, 3.8) is 0 Å². The summed E-state index contributed by atoms with van der Waals surface area (Å²) in [5, 5.41) is 3.40. The summed E-state index contributed by atoms with van der Waals surface area (Å²) in [5.74, 6) is -0.763. The fraction of sp³-hybridized carbons (Fsp3) is 0.167. The molecule has 0 aliphatic heterocycles. The fourth-order valence-corrected chi connectivity index (χ4v) is 3.32. The second-order valence-electron chi connectivity index (χ2n) is 5.56. The Bertz CT molecular complexity index is 1050. The number of nitrogens with one attached hydrogen (secondary N) is 1. The maximum atomic E-state index is 12.5. The number of nitrogens with zero attached hydrogens (tertiary/aromatic N) is 1. The first-order chi connectivity index (χ1) is 12.4. The molecule has 2 aromatic heterocycles. The molecule has 2 heterocycles. The zero-order valence-corrected chi connectivity index (χ0v) is 15.2. The van der Waals surface area contributed by atoms with E-state index in [1.54, 1.807) is 13.1 Å². The van der Waals surface area contributed by atoms with Crippen LogP contribution in [0.1, 0.15) is 15.9 Å². The van der Waals surface area contributed by atoms with Gasteiger partial charge in [0.25, 0.3) is 0 Å². The van der Waals surface area contributed by atoms with Crippen molar-refractivity contribution >= 4 is 44.3 Å². The van der Waals surface area contributed by atoms with Gasteiger partial charge in [-0.05, 0) is 24.6 Å². The molecule has 0 aliphatic rings. The van der Waals surface area contributed by atoms with Crippen molar-refractivity contribution in [2.24, 2.45) is 0 Å². The number of hydrogen-bond donors (Lipinski definition) is 1. The highest BCUT2D eigenvalue weighted by Crippen LogP contribution is 2.32. The Hall–Kier alpha value is -3.13. The number of fused-ring (bicyclic) bond motifs is 1. The number of hydrogen-bond acceptors (Lipinski definition) is 6. The van der Waals surface area contributed by atoms with Gasteiger partial charge in [-0.3, -0.25) is 4.90 Å².